The summed E-state index contributed by atoms with van der Waals surface area (Å²) in [5.74, 6) is 1.68. The predicted octanol–water partition coefficient (Wildman–Crippen LogP) is 3.42. The summed E-state index contributed by atoms with van der Waals surface area (Å²) in [5.41, 5.74) is 1.14. The molecule has 0 aliphatic heterocycles. The zero-order valence-corrected chi connectivity index (χ0v) is 18.0. The molecule has 2 rings (SSSR count). The summed E-state index contributed by atoms with van der Waals surface area (Å²) in [6, 6.07) is 8.00. The van der Waals surface area contributed by atoms with Crippen LogP contribution in [-0.4, -0.2) is 44.4 Å². The van der Waals surface area contributed by atoms with Gasteiger partial charge in [0.25, 0.3) is 0 Å². The lowest BCUT2D eigenvalue weighted by Crippen LogP contribution is -2.39. The molecule has 0 aliphatic carbocycles. The van der Waals surface area contributed by atoms with Crippen LogP contribution >= 0.6 is 11.3 Å². The second-order valence-electron chi connectivity index (χ2n) is 6.24. The van der Waals surface area contributed by atoms with Gasteiger partial charge in [-0.3, -0.25) is 0 Å². The molecule has 0 saturated carbocycles. The molecule has 0 saturated heterocycles. The van der Waals surface area contributed by atoms with Gasteiger partial charge in [-0.15, -0.1) is 11.3 Å². The van der Waals surface area contributed by atoms with Crippen molar-refractivity contribution in [3.05, 3.63) is 45.9 Å². The smallest absolute Gasteiger partial charge is 0.191 e. The Bertz CT molecular complexity index is 701. The number of benzene rings is 1. The average Bonchev–Trinajstić information content (AvgIpc) is 3.19. The Morgan fingerprint density at radius 1 is 1.14 bits per heavy atom. The van der Waals surface area contributed by atoms with Gasteiger partial charge in [0.15, 0.2) is 5.96 Å². The highest BCUT2D eigenvalue weighted by atomic mass is 32.1. The molecule has 28 heavy (non-hydrogen) atoms. The Hall–Kier alpha value is -2.12. The van der Waals surface area contributed by atoms with E-state index in [1.165, 1.54) is 4.88 Å². The summed E-state index contributed by atoms with van der Waals surface area (Å²) in [7, 11) is 1.67. The molecule has 2 aromatic rings. The predicted molar refractivity (Wildman–Crippen MR) is 116 cm³/mol. The van der Waals surface area contributed by atoms with Crippen LogP contribution in [-0.2, 0) is 24.1 Å². The van der Waals surface area contributed by atoms with E-state index < -0.39 is 0 Å². The normalized spacial score (nSPS) is 11.5. The zero-order chi connectivity index (χ0) is 20.0. The van der Waals surface area contributed by atoms with Crippen LogP contribution < -0.4 is 15.4 Å². The van der Waals surface area contributed by atoms with Crippen LogP contribution in [0.4, 0.5) is 0 Å². The van der Waals surface area contributed by atoms with E-state index in [1.54, 1.807) is 18.4 Å². The van der Waals surface area contributed by atoms with E-state index in [9.17, 15) is 0 Å². The third-order valence-electron chi connectivity index (χ3n) is 4.12. The molecule has 0 unspecified atom stereocenters. The van der Waals surface area contributed by atoms with Crippen LogP contribution in [0, 0.1) is 0 Å². The van der Waals surface area contributed by atoms with Gasteiger partial charge in [-0.1, -0.05) is 19.1 Å². The Labute approximate surface area is 172 Å². The van der Waals surface area contributed by atoms with Crippen LogP contribution in [0.3, 0.4) is 0 Å². The van der Waals surface area contributed by atoms with Crippen molar-refractivity contribution in [2.75, 3.05) is 33.4 Å². The lowest BCUT2D eigenvalue weighted by atomic mass is 10.2. The summed E-state index contributed by atoms with van der Waals surface area (Å²) in [6.07, 6.45) is 4.86. The minimum atomic E-state index is 0.613. The lowest BCUT2D eigenvalue weighted by molar-refractivity contribution is 0.145. The van der Waals surface area contributed by atoms with E-state index in [1.807, 2.05) is 37.4 Å². The second kappa shape index (κ2) is 13.1. The summed E-state index contributed by atoms with van der Waals surface area (Å²) in [4.78, 5) is 10.5. The van der Waals surface area contributed by atoms with Crippen LogP contribution in [0.1, 0.15) is 35.7 Å². The van der Waals surface area contributed by atoms with E-state index in [4.69, 9.17) is 14.5 Å². The number of nitrogens with one attached hydrogen (secondary N) is 2. The fourth-order valence-electron chi connectivity index (χ4n) is 2.52. The van der Waals surface area contributed by atoms with E-state index in [-0.39, 0.29) is 0 Å². The van der Waals surface area contributed by atoms with Crippen molar-refractivity contribution in [3.8, 4) is 5.75 Å². The van der Waals surface area contributed by atoms with Gasteiger partial charge in [0, 0.05) is 43.8 Å². The molecular weight excluding hydrogens is 372 g/mol. The number of aliphatic imine (C=N–C) groups is 1. The van der Waals surface area contributed by atoms with Gasteiger partial charge in [-0.05, 0) is 37.5 Å². The number of thiazole rings is 1. The molecular formula is C21H32N4O2S. The Morgan fingerprint density at radius 3 is 2.61 bits per heavy atom. The summed E-state index contributed by atoms with van der Waals surface area (Å²) in [5, 5.41) is 7.97. The molecule has 2 N–H and O–H groups in total. The molecule has 0 spiro atoms. The quantitative estimate of drug-likeness (QED) is 0.322. The van der Waals surface area contributed by atoms with Crippen molar-refractivity contribution in [2.24, 2.45) is 4.99 Å². The molecule has 0 radical (unpaired) electrons. The highest BCUT2D eigenvalue weighted by Crippen LogP contribution is 2.13. The number of ether oxygens (including phenoxy) is 2. The monoisotopic (exact) mass is 404 g/mol. The van der Waals surface area contributed by atoms with Crippen molar-refractivity contribution in [1.82, 2.24) is 15.6 Å². The fraction of sp³-hybridized carbons (Fsp3) is 0.524. The number of methoxy groups -OCH3 is 1. The number of guanidine groups is 1. The molecule has 0 atom stereocenters. The minimum Gasteiger partial charge on any atom is -0.497 e. The third-order valence-corrected chi connectivity index (χ3v) is 5.32. The number of aromatic nitrogens is 1. The molecule has 1 aromatic heterocycles. The zero-order valence-electron chi connectivity index (χ0n) is 17.2. The lowest BCUT2D eigenvalue weighted by Gasteiger charge is -2.12. The van der Waals surface area contributed by atoms with Gasteiger partial charge < -0.3 is 20.1 Å². The SMILES string of the molecule is CCOCCCNC(=NCc1ccc(OC)cc1)NCCc1ncc(CC)s1. The molecule has 0 aliphatic rings. The van der Waals surface area contributed by atoms with Crippen LogP contribution in [0.15, 0.2) is 35.5 Å². The van der Waals surface area contributed by atoms with Crippen molar-refractivity contribution in [1.29, 1.82) is 0 Å². The van der Waals surface area contributed by atoms with Gasteiger partial charge in [-0.25, -0.2) is 9.98 Å². The topological polar surface area (TPSA) is 67.8 Å². The Morgan fingerprint density at radius 2 is 1.93 bits per heavy atom. The van der Waals surface area contributed by atoms with E-state index in [0.29, 0.717) is 6.54 Å². The van der Waals surface area contributed by atoms with Gasteiger partial charge >= 0.3 is 0 Å². The molecule has 0 amide bonds. The Balaban J connectivity index is 1.86. The maximum atomic E-state index is 5.40. The minimum absolute atomic E-state index is 0.613. The Kier molecular flexibility index (Phi) is 10.4. The largest absolute Gasteiger partial charge is 0.497 e. The van der Waals surface area contributed by atoms with Gasteiger partial charge in [0.05, 0.1) is 18.7 Å². The molecule has 154 valence electrons. The molecule has 0 fully saturated rings. The number of hydrogen-bond donors (Lipinski definition) is 2. The standard InChI is InChI=1S/C21H32N4O2S/c1-4-19-16-24-20(28-19)11-13-23-21(22-12-6-14-27-5-2)25-15-17-7-9-18(26-3)10-8-17/h7-10,16H,4-6,11-15H2,1-3H3,(H2,22,23,25). The van der Waals surface area contributed by atoms with E-state index in [2.05, 4.69) is 22.5 Å². The van der Waals surface area contributed by atoms with Crippen molar-refractivity contribution in [2.45, 2.75) is 39.7 Å². The van der Waals surface area contributed by atoms with E-state index in [0.717, 1.165) is 67.8 Å². The molecule has 1 heterocycles. The highest BCUT2D eigenvalue weighted by molar-refractivity contribution is 7.11. The first kappa shape index (κ1) is 22.2. The highest BCUT2D eigenvalue weighted by Gasteiger charge is 2.03. The maximum absolute atomic E-state index is 5.40. The fourth-order valence-corrected chi connectivity index (χ4v) is 3.38. The summed E-state index contributed by atoms with van der Waals surface area (Å²) < 4.78 is 10.6. The molecule has 1 aromatic carbocycles. The average molecular weight is 405 g/mol. The first-order chi connectivity index (χ1) is 13.7. The molecule has 6 nitrogen and oxygen atoms in total. The van der Waals surface area contributed by atoms with Crippen LogP contribution in [0.25, 0.3) is 0 Å². The van der Waals surface area contributed by atoms with Gasteiger partial charge in [0.2, 0.25) is 0 Å². The third kappa shape index (κ3) is 8.27. The van der Waals surface area contributed by atoms with Crippen LogP contribution in [0.5, 0.6) is 5.75 Å². The maximum Gasteiger partial charge on any atom is 0.191 e. The summed E-state index contributed by atoms with van der Waals surface area (Å²) in [6.45, 7) is 7.92. The van der Waals surface area contributed by atoms with Crippen molar-refractivity contribution < 1.29 is 9.47 Å². The second-order valence-corrected chi connectivity index (χ2v) is 7.44. The van der Waals surface area contributed by atoms with Gasteiger partial charge in [0.1, 0.15) is 5.75 Å². The number of aryl methyl sites for hydroxylation is 1. The van der Waals surface area contributed by atoms with Crippen LogP contribution in [0.2, 0.25) is 0 Å². The number of nitrogens with zero attached hydrogens (tertiary/aromatic N) is 2. The summed E-state index contributed by atoms with van der Waals surface area (Å²) >= 11 is 1.79. The molecule has 0 bridgehead atoms. The number of rotatable bonds is 12. The first-order valence-electron chi connectivity index (χ1n) is 9.91. The van der Waals surface area contributed by atoms with Crippen molar-refractivity contribution in [3.63, 3.8) is 0 Å². The number of hydrogen-bond acceptors (Lipinski definition) is 5. The van der Waals surface area contributed by atoms with E-state index >= 15 is 0 Å². The molecule has 7 heteroatoms. The van der Waals surface area contributed by atoms with Gasteiger partial charge in [-0.2, -0.15) is 0 Å². The van der Waals surface area contributed by atoms with Crippen molar-refractivity contribution >= 4 is 17.3 Å². The first-order valence-corrected chi connectivity index (χ1v) is 10.7.